The van der Waals surface area contributed by atoms with Crippen molar-refractivity contribution in [1.82, 2.24) is 9.97 Å². The van der Waals surface area contributed by atoms with E-state index in [1.165, 1.54) is 0 Å². The molecule has 0 spiro atoms. The Balaban J connectivity index is 3.14. The largest absolute Gasteiger partial charge is 0.479 e. The first kappa shape index (κ1) is 15.7. The van der Waals surface area contributed by atoms with Gasteiger partial charge in [-0.05, 0) is 6.92 Å². The third-order valence-electron chi connectivity index (χ3n) is 2.40. The van der Waals surface area contributed by atoms with E-state index >= 15 is 0 Å². The van der Waals surface area contributed by atoms with Gasteiger partial charge < -0.3 is 15.2 Å². The Kier molecular flexibility index (Phi) is 4.16. The molecule has 1 heterocycles. The maximum atomic E-state index is 12.8. The molecule has 110 valence electrons. The Bertz CT molecular complexity index is 535. The fourth-order valence-electron chi connectivity index (χ4n) is 1.13. The number of ether oxygens (including phenoxy) is 1. The summed E-state index contributed by atoms with van der Waals surface area (Å²) in [5.41, 5.74) is -3.62. The van der Waals surface area contributed by atoms with Crippen LogP contribution in [0.25, 0.3) is 0 Å². The first-order chi connectivity index (χ1) is 9.11. The molecule has 1 unspecified atom stereocenters. The monoisotopic (exact) mass is 293 g/mol. The topological polar surface area (TPSA) is 101 Å². The van der Waals surface area contributed by atoms with Crippen LogP contribution in [0.4, 0.5) is 19.0 Å². The number of methoxy groups -OCH3 is 1. The first-order valence-electron chi connectivity index (χ1n) is 5.10. The SMILES string of the molecule is COC(=O)c1cncc(NC(C)(C(=O)O)C(F)(F)F)n1. The number of hydrogen-bond acceptors (Lipinski definition) is 6. The summed E-state index contributed by atoms with van der Waals surface area (Å²) < 4.78 is 42.7. The second-order valence-electron chi connectivity index (χ2n) is 3.83. The summed E-state index contributed by atoms with van der Waals surface area (Å²) in [6, 6.07) is 0. The lowest BCUT2D eigenvalue weighted by Gasteiger charge is -2.28. The van der Waals surface area contributed by atoms with Crippen LogP contribution in [0.5, 0.6) is 0 Å². The summed E-state index contributed by atoms with van der Waals surface area (Å²) in [5, 5.41) is 10.4. The molecular formula is C10H10F3N3O4. The van der Waals surface area contributed by atoms with Crippen LogP contribution in [0.3, 0.4) is 0 Å². The summed E-state index contributed by atoms with van der Waals surface area (Å²) in [7, 11) is 1.06. The van der Waals surface area contributed by atoms with Crippen molar-refractivity contribution in [2.24, 2.45) is 0 Å². The third-order valence-corrected chi connectivity index (χ3v) is 2.40. The summed E-state index contributed by atoms with van der Waals surface area (Å²) in [6.45, 7) is 0.432. The van der Waals surface area contributed by atoms with Gasteiger partial charge in [-0.2, -0.15) is 13.2 Å². The number of anilines is 1. The highest BCUT2D eigenvalue weighted by molar-refractivity contribution is 5.87. The van der Waals surface area contributed by atoms with E-state index in [-0.39, 0.29) is 5.69 Å². The van der Waals surface area contributed by atoms with Crippen molar-refractivity contribution in [3.8, 4) is 0 Å². The van der Waals surface area contributed by atoms with Crippen molar-refractivity contribution in [3.05, 3.63) is 18.1 Å². The number of carbonyl (C=O) groups excluding carboxylic acids is 1. The maximum Gasteiger partial charge on any atom is 0.422 e. The number of aromatic nitrogens is 2. The highest BCUT2D eigenvalue weighted by Gasteiger charge is 2.57. The highest BCUT2D eigenvalue weighted by Crippen LogP contribution is 2.33. The molecule has 0 aliphatic heterocycles. The predicted octanol–water partition coefficient (Wildman–Crippen LogP) is 1.08. The molecule has 7 nitrogen and oxygen atoms in total. The van der Waals surface area contributed by atoms with Gasteiger partial charge in [-0.3, -0.25) is 4.98 Å². The van der Waals surface area contributed by atoms with Crippen LogP contribution >= 0.6 is 0 Å². The van der Waals surface area contributed by atoms with Crippen molar-refractivity contribution < 1.29 is 32.6 Å². The Morgan fingerprint density at radius 3 is 2.40 bits per heavy atom. The Morgan fingerprint density at radius 2 is 1.95 bits per heavy atom. The van der Waals surface area contributed by atoms with Gasteiger partial charge in [0.15, 0.2) is 5.69 Å². The molecule has 20 heavy (non-hydrogen) atoms. The van der Waals surface area contributed by atoms with Crippen LogP contribution in [0.1, 0.15) is 17.4 Å². The zero-order valence-electron chi connectivity index (χ0n) is 10.4. The molecule has 1 rings (SSSR count). The molecule has 0 fully saturated rings. The van der Waals surface area contributed by atoms with Gasteiger partial charge in [-0.1, -0.05) is 0 Å². The number of carbonyl (C=O) groups is 2. The fraction of sp³-hybridized carbons (Fsp3) is 0.400. The molecular weight excluding hydrogens is 283 g/mol. The van der Waals surface area contributed by atoms with Crippen LogP contribution in [-0.2, 0) is 9.53 Å². The minimum atomic E-state index is -5.08. The van der Waals surface area contributed by atoms with E-state index in [0.717, 1.165) is 19.5 Å². The minimum absolute atomic E-state index is 0.354. The number of carboxylic acids is 1. The Hall–Kier alpha value is -2.39. The summed E-state index contributed by atoms with van der Waals surface area (Å²) in [4.78, 5) is 29.0. The number of carboxylic acid groups (broad SMARTS) is 1. The number of aliphatic carboxylic acids is 1. The standard InChI is InChI=1S/C10H10F3N3O4/c1-9(8(18)19,10(11,12)13)16-6-4-14-3-5(15-6)7(17)20-2/h3-4H,1-2H3,(H,15,16)(H,18,19). The summed E-state index contributed by atoms with van der Waals surface area (Å²) in [6.07, 6.45) is -3.25. The average Bonchev–Trinajstić information content (AvgIpc) is 2.36. The summed E-state index contributed by atoms with van der Waals surface area (Å²) >= 11 is 0. The minimum Gasteiger partial charge on any atom is -0.479 e. The number of nitrogens with one attached hydrogen (secondary N) is 1. The number of hydrogen-bond donors (Lipinski definition) is 2. The molecule has 10 heteroatoms. The quantitative estimate of drug-likeness (QED) is 0.801. The molecule has 1 aromatic heterocycles. The van der Waals surface area contributed by atoms with Gasteiger partial charge in [-0.25, -0.2) is 14.6 Å². The highest BCUT2D eigenvalue weighted by atomic mass is 19.4. The number of nitrogens with zero attached hydrogens (tertiary/aromatic N) is 2. The van der Waals surface area contributed by atoms with Crippen LogP contribution < -0.4 is 5.32 Å². The second kappa shape index (κ2) is 5.31. The molecule has 0 aromatic carbocycles. The Morgan fingerprint density at radius 1 is 1.35 bits per heavy atom. The van der Waals surface area contributed by atoms with E-state index in [2.05, 4.69) is 14.7 Å². The van der Waals surface area contributed by atoms with E-state index in [9.17, 15) is 22.8 Å². The van der Waals surface area contributed by atoms with Crippen LogP contribution in [0.2, 0.25) is 0 Å². The van der Waals surface area contributed by atoms with E-state index in [4.69, 9.17) is 5.11 Å². The molecule has 2 N–H and O–H groups in total. The molecule has 0 amide bonds. The summed E-state index contributed by atoms with van der Waals surface area (Å²) in [5.74, 6) is -3.57. The normalized spacial score (nSPS) is 14.2. The third kappa shape index (κ3) is 2.95. The van der Waals surface area contributed by atoms with Gasteiger partial charge >= 0.3 is 18.1 Å². The fourth-order valence-corrected chi connectivity index (χ4v) is 1.13. The first-order valence-corrected chi connectivity index (χ1v) is 5.10. The zero-order valence-corrected chi connectivity index (χ0v) is 10.4. The lowest BCUT2D eigenvalue weighted by Crippen LogP contribution is -2.55. The van der Waals surface area contributed by atoms with Crippen molar-refractivity contribution in [2.75, 3.05) is 12.4 Å². The molecule has 0 aliphatic rings. The molecule has 0 saturated carbocycles. The number of alkyl halides is 3. The van der Waals surface area contributed by atoms with Crippen LogP contribution in [0.15, 0.2) is 12.4 Å². The number of esters is 1. The smallest absolute Gasteiger partial charge is 0.422 e. The molecule has 1 atom stereocenters. The van der Waals surface area contributed by atoms with Crippen molar-refractivity contribution in [2.45, 2.75) is 18.6 Å². The Labute approximate surface area is 110 Å². The van der Waals surface area contributed by atoms with E-state index in [1.807, 2.05) is 0 Å². The van der Waals surface area contributed by atoms with Crippen LogP contribution in [0, 0.1) is 0 Å². The zero-order chi connectivity index (χ0) is 15.6. The van der Waals surface area contributed by atoms with Gasteiger partial charge in [0.1, 0.15) is 5.82 Å². The number of rotatable bonds is 4. The van der Waals surface area contributed by atoms with Gasteiger partial charge in [-0.15, -0.1) is 0 Å². The van der Waals surface area contributed by atoms with E-state index < -0.39 is 29.5 Å². The molecule has 0 radical (unpaired) electrons. The molecule has 0 saturated heterocycles. The van der Waals surface area contributed by atoms with Crippen LogP contribution in [-0.4, -0.2) is 45.8 Å². The van der Waals surface area contributed by atoms with Crippen molar-refractivity contribution in [3.63, 3.8) is 0 Å². The molecule has 0 aliphatic carbocycles. The lowest BCUT2D eigenvalue weighted by molar-refractivity contribution is -0.192. The second-order valence-corrected chi connectivity index (χ2v) is 3.83. The van der Waals surface area contributed by atoms with Gasteiger partial charge in [0.25, 0.3) is 0 Å². The average molecular weight is 293 g/mol. The van der Waals surface area contributed by atoms with E-state index in [1.54, 1.807) is 5.32 Å². The predicted molar refractivity (Wildman–Crippen MR) is 59.1 cm³/mol. The van der Waals surface area contributed by atoms with Gasteiger partial charge in [0.2, 0.25) is 5.54 Å². The van der Waals surface area contributed by atoms with Crippen molar-refractivity contribution in [1.29, 1.82) is 0 Å². The van der Waals surface area contributed by atoms with Gasteiger partial charge in [0, 0.05) is 0 Å². The lowest BCUT2D eigenvalue weighted by atomic mass is 10.0. The van der Waals surface area contributed by atoms with E-state index in [0.29, 0.717) is 6.92 Å². The number of halogens is 3. The maximum absolute atomic E-state index is 12.8. The molecule has 1 aromatic rings. The van der Waals surface area contributed by atoms with Gasteiger partial charge in [0.05, 0.1) is 19.5 Å². The molecule has 0 bridgehead atoms. The van der Waals surface area contributed by atoms with Crippen molar-refractivity contribution >= 4 is 17.8 Å².